The molecule has 0 unspecified atom stereocenters. The smallest absolute Gasteiger partial charge is 0.254 e. The minimum atomic E-state index is -0.610. The van der Waals surface area contributed by atoms with Crippen LogP contribution in [-0.2, 0) is 0 Å². The quantitative estimate of drug-likeness (QED) is 0.638. The largest absolute Gasteiger partial charge is 0.384 e. The third kappa shape index (κ3) is 4.40. The summed E-state index contributed by atoms with van der Waals surface area (Å²) in [6, 6.07) is 4.13. The number of nitrogens with one attached hydrogen (secondary N) is 1. The van der Waals surface area contributed by atoms with Gasteiger partial charge in [0.15, 0.2) is 0 Å². The van der Waals surface area contributed by atoms with Crippen LogP contribution in [0.2, 0.25) is 0 Å². The first-order valence-electron chi connectivity index (χ1n) is 5.35. The van der Waals surface area contributed by atoms with Crippen molar-refractivity contribution in [3.05, 3.63) is 35.1 Å². The van der Waals surface area contributed by atoms with Gasteiger partial charge in [-0.15, -0.1) is 0 Å². The van der Waals surface area contributed by atoms with Crippen LogP contribution in [0.3, 0.4) is 0 Å². The van der Waals surface area contributed by atoms with Crippen LogP contribution in [0.4, 0.5) is 4.39 Å². The zero-order valence-electron chi connectivity index (χ0n) is 10.00. The van der Waals surface area contributed by atoms with Gasteiger partial charge in [0, 0.05) is 17.9 Å². The number of carbonyl (C=O) groups is 1. The minimum absolute atomic E-state index is 0.00523. The van der Waals surface area contributed by atoms with Gasteiger partial charge in [-0.3, -0.25) is 4.79 Å². The molecule has 0 saturated carbocycles. The molecule has 18 heavy (non-hydrogen) atoms. The summed E-state index contributed by atoms with van der Waals surface area (Å²) in [7, 11) is 0. The molecule has 0 heterocycles. The van der Waals surface area contributed by atoms with E-state index in [0.717, 1.165) is 5.75 Å². The second-order valence-electron chi connectivity index (χ2n) is 3.40. The van der Waals surface area contributed by atoms with Crippen molar-refractivity contribution in [2.24, 2.45) is 0 Å². The molecule has 3 nitrogen and oxygen atoms in total. The Labute approximate surface area is 110 Å². The Balaban J connectivity index is 2.75. The van der Waals surface area contributed by atoms with Crippen LogP contribution < -0.4 is 5.32 Å². The average molecular weight is 267 g/mol. The van der Waals surface area contributed by atoms with Gasteiger partial charge in [0.05, 0.1) is 5.56 Å². The molecule has 1 rings (SSSR count). The van der Waals surface area contributed by atoms with Crippen molar-refractivity contribution in [3.63, 3.8) is 0 Å². The first-order chi connectivity index (χ1) is 8.69. The molecule has 0 aliphatic carbocycles. The van der Waals surface area contributed by atoms with E-state index in [4.69, 9.17) is 5.11 Å². The number of rotatable bonds is 4. The molecule has 0 saturated heterocycles. The molecule has 1 aromatic rings. The highest BCUT2D eigenvalue weighted by molar-refractivity contribution is 7.98. The highest BCUT2D eigenvalue weighted by atomic mass is 32.2. The molecule has 0 aliphatic heterocycles. The number of halogens is 1. The van der Waals surface area contributed by atoms with Gasteiger partial charge in [0.1, 0.15) is 12.4 Å². The van der Waals surface area contributed by atoms with Crippen molar-refractivity contribution in [3.8, 4) is 11.8 Å². The van der Waals surface area contributed by atoms with E-state index in [0.29, 0.717) is 12.1 Å². The molecule has 0 atom stereocenters. The summed E-state index contributed by atoms with van der Waals surface area (Å²) in [5.74, 6) is 4.74. The standard InChI is InChI=1S/C13H14FNO2S/c1-18-8-6-15-13(17)11-5-4-10(3-2-7-16)9-12(11)14/h4-5,9,16H,6-8H2,1H3,(H,15,17). The molecule has 0 radical (unpaired) electrons. The third-order valence-corrected chi connectivity index (χ3v) is 2.73. The van der Waals surface area contributed by atoms with Crippen molar-refractivity contribution in [1.82, 2.24) is 5.32 Å². The number of thioether (sulfide) groups is 1. The molecule has 0 fully saturated rings. The van der Waals surface area contributed by atoms with Crippen molar-refractivity contribution in [2.75, 3.05) is 25.2 Å². The van der Waals surface area contributed by atoms with E-state index in [2.05, 4.69) is 17.2 Å². The number of hydrogen-bond acceptors (Lipinski definition) is 3. The van der Waals surface area contributed by atoms with E-state index in [1.807, 2.05) is 6.26 Å². The van der Waals surface area contributed by atoms with Crippen molar-refractivity contribution >= 4 is 17.7 Å². The number of aliphatic hydroxyl groups excluding tert-OH is 1. The molecule has 1 aromatic carbocycles. The molecule has 1 amide bonds. The summed E-state index contributed by atoms with van der Waals surface area (Å²) in [4.78, 5) is 11.6. The van der Waals surface area contributed by atoms with E-state index in [-0.39, 0.29) is 12.2 Å². The lowest BCUT2D eigenvalue weighted by Gasteiger charge is -2.05. The Hall–Kier alpha value is -1.51. The average Bonchev–Trinajstić information content (AvgIpc) is 2.36. The summed E-state index contributed by atoms with van der Waals surface area (Å²) < 4.78 is 13.6. The van der Waals surface area contributed by atoms with E-state index in [1.165, 1.54) is 12.1 Å². The van der Waals surface area contributed by atoms with Crippen molar-refractivity contribution in [1.29, 1.82) is 0 Å². The second kappa shape index (κ2) is 7.75. The number of amides is 1. The van der Waals surface area contributed by atoms with Gasteiger partial charge in [0.25, 0.3) is 5.91 Å². The maximum Gasteiger partial charge on any atom is 0.254 e. The summed E-state index contributed by atoms with van der Waals surface area (Å²) in [6.07, 6.45) is 1.93. The Bertz CT molecular complexity index is 480. The predicted octanol–water partition coefficient (Wildman–Crippen LogP) is 1.26. The first-order valence-corrected chi connectivity index (χ1v) is 6.75. The Morgan fingerprint density at radius 2 is 2.33 bits per heavy atom. The number of hydrogen-bond donors (Lipinski definition) is 2. The van der Waals surface area contributed by atoms with Crippen LogP contribution >= 0.6 is 11.8 Å². The molecule has 0 spiro atoms. The Morgan fingerprint density at radius 3 is 2.94 bits per heavy atom. The van der Waals surface area contributed by atoms with Gasteiger partial charge >= 0.3 is 0 Å². The fourth-order valence-corrected chi connectivity index (χ4v) is 1.59. The minimum Gasteiger partial charge on any atom is -0.384 e. The molecule has 2 N–H and O–H groups in total. The Morgan fingerprint density at radius 1 is 1.56 bits per heavy atom. The van der Waals surface area contributed by atoms with Crippen LogP contribution in [0, 0.1) is 17.7 Å². The highest BCUT2D eigenvalue weighted by Gasteiger charge is 2.10. The topological polar surface area (TPSA) is 49.3 Å². The lowest BCUT2D eigenvalue weighted by molar-refractivity contribution is 0.0952. The second-order valence-corrected chi connectivity index (χ2v) is 4.39. The fourth-order valence-electron chi connectivity index (χ4n) is 1.28. The summed E-state index contributed by atoms with van der Waals surface area (Å²) in [5, 5.41) is 11.2. The van der Waals surface area contributed by atoms with E-state index >= 15 is 0 Å². The molecule has 5 heteroatoms. The van der Waals surface area contributed by atoms with Crippen LogP contribution in [-0.4, -0.2) is 36.2 Å². The van der Waals surface area contributed by atoms with Crippen LogP contribution in [0.15, 0.2) is 18.2 Å². The zero-order chi connectivity index (χ0) is 13.4. The van der Waals surface area contributed by atoms with Crippen LogP contribution in [0.25, 0.3) is 0 Å². The predicted molar refractivity (Wildman–Crippen MR) is 71.1 cm³/mol. The summed E-state index contributed by atoms with van der Waals surface area (Å²) in [6.45, 7) is 0.226. The Kier molecular flexibility index (Phi) is 6.26. The van der Waals surface area contributed by atoms with E-state index < -0.39 is 11.7 Å². The van der Waals surface area contributed by atoms with Crippen LogP contribution in [0.1, 0.15) is 15.9 Å². The summed E-state index contributed by atoms with van der Waals surface area (Å²) in [5.41, 5.74) is 0.438. The summed E-state index contributed by atoms with van der Waals surface area (Å²) >= 11 is 1.60. The van der Waals surface area contributed by atoms with E-state index in [1.54, 1.807) is 17.8 Å². The maximum absolute atomic E-state index is 13.6. The number of benzene rings is 1. The molecule has 0 aliphatic rings. The molecule has 0 bridgehead atoms. The molecular weight excluding hydrogens is 253 g/mol. The van der Waals surface area contributed by atoms with Gasteiger partial charge in [-0.05, 0) is 24.5 Å². The van der Waals surface area contributed by atoms with Crippen molar-refractivity contribution < 1.29 is 14.3 Å². The van der Waals surface area contributed by atoms with Gasteiger partial charge in [-0.2, -0.15) is 11.8 Å². The number of aliphatic hydroxyl groups is 1. The normalized spacial score (nSPS) is 9.50. The molecular formula is C13H14FNO2S. The van der Waals surface area contributed by atoms with Crippen LogP contribution in [0.5, 0.6) is 0 Å². The lowest BCUT2D eigenvalue weighted by atomic mass is 10.1. The SMILES string of the molecule is CSCCNC(=O)c1ccc(C#CCO)cc1F. The van der Waals surface area contributed by atoms with Gasteiger partial charge in [-0.1, -0.05) is 11.8 Å². The van der Waals surface area contributed by atoms with Gasteiger partial charge < -0.3 is 10.4 Å². The monoisotopic (exact) mass is 267 g/mol. The zero-order valence-corrected chi connectivity index (χ0v) is 10.8. The fraction of sp³-hybridized carbons (Fsp3) is 0.308. The van der Waals surface area contributed by atoms with Crippen molar-refractivity contribution in [2.45, 2.75) is 0 Å². The maximum atomic E-state index is 13.6. The van der Waals surface area contributed by atoms with E-state index in [9.17, 15) is 9.18 Å². The van der Waals surface area contributed by atoms with Gasteiger partial charge in [0.2, 0.25) is 0 Å². The highest BCUT2D eigenvalue weighted by Crippen LogP contribution is 2.09. The number of carbonyl (C=O) groups excluding carboxylic acids is 1. The molecule has 96 valence electrons. The lowest BCUT2D eigenvalue weighted by Crippen LogP contribution is -2.26. The first kappa shape index (κ1) is 14.6. The molecule has 0 aromatic heterocycles. The third-order valence-electron chi connectivity index (χ3n) is 2.12. The van der Waals surface area contributed by atoms with Gasteiger partial charge in [-0.25, -0.2) is 4.39 Å².